The van der Waals surface area contributed by atoms with E-state index in [9.17, 15) is 29.1 Å². The zero-order valence-electron chi connectivity index (χ0n) is 23.7. The fourth-order valence-corrected chi connectivity index (χ4v) is 4.74. The van der Waals surface area contributed by atoms with Gasteiger partial charge in [-0.2, -0.15) is 0 Å². The molecule has 4 atom stereocenters. The number of aliphatic carboxylic acids is 1. The second kappa shape index (κ2) is 14.6. The molecule has 4 unspecified atom stereocenters. The molecule has 4 amide bonds. The number of carboxylic acids is 1. The summed E-state index contributed by atoms with van der Waals surface area (Å²) >= 11 is 0. The first-order valence-electron chi connectivity index (χ1n) is 13.8. The number of amides is 4. The zero-order chi connectivity index (χ0) is 31.6. The summed E-state index contributed by atoms with van der Waals surface area (Å²) in [5.74, 6) is -4.56. The van der Waals surface area contributed by atoms with Crippen LogP contribution in [-0.2, 0) is 43.2 Å². The second-order valence-corrected chi connectivity index (χ2v) is 10.3. The highest BCUT2D eigenvalue weighted by molar-refractivity contribution is 5.95. The first kappa shape index (κ1) is 31.4. The molecule has 0 aliphatic carbocycles. The number of imidazole rings is 1. The minimum Gasteiger partial charge on any atom is -0.480 e. The molecule has 0 bridgehead atoms. The van der Waals surface area contributed by atoms with Crippen molar-refractivity contribution in [3.05, 3.63) is 90.1 Å². The molecule has 14 heteroatoms. The highest BCUT2D eigenvalue weighted by Gasteiger charge is 2.32. The van der Waals surface area contributed by atoms with Crippen LogP contribution in [0.2, 0.25) is 0 Å². The standard InChI is InChI=1S/C30H34N8O6/c31-21(10-17-6-2-1-3-7-17)27(40)36-24(12-19-15-33-16-35-19)29(42)37-23(28(41)38-25(30(43)44)13-26(32)39)11-18-14-34-22-9-5-4-8-20(18)22/h1-9,14-16,21,23-25,34H,10-13,31H2,(H2,32,39)(H,33,35)(H,36,40)(H,37,42)(H,38,41)(H,43,44). The van der Waals surface area contributed by atoms with Crippen molar-refractivity contribution in [2.24, 2.45) is 11.5 Å². The lowest BCUT2D eigenvalue weighted by Crippen LogP contribution is -2.58. The van der Waals surface area contributed by atoms with E-state index >= 15 is 0 Å². The van der Waals surface area contributed by atoms with Crippen LogP contribution in [0.1, 0.15) is 23.2 Å². The third-order valence-electron chi connectivity index (χ3n) is 7.00. The van der Waals surface area contributed by atoms with Gasteiger partial charge < -0.3 is 42.5 Å². The molecule has 10 N–H and O–H groups in total. The van der Waals surface area contributed by atoms with E-state index in [1.807, 2.05) is 54.6 Å². The van der Waals surface area contributed by atoms with E-state index in [0.29, 0.717) is 11.3 Å². The maximum Gasteiger partial charge on any atom is 0.326 e. The number of fused-ring (bicyclic) bond motifs is 1. The van der Waals surface area contributed by atoms with Crippen molar-refractivity contribution < 1.29 is 29.1 Å². The molecule has 2 heterocycles. The van der Waals surface area contributed by atoms with Crippen molar-refractivity contribution in [3.8, 4) is 0 Å². The lowest BCUT2D eigenvalue weighted by atomic mass is 10.0. The van der Waals surface area contributed by atoms with Crippen LogP contribution >= 0.6 is 0 Å². The van der Waals surface area contributed by atoms with Gasteiger partial charge in [0.1, 0.15) is 18.1 Å². The molecule has 14 nitrogen and oxygen atoms in total. The summed E-state index contributed by atoms with van der Waals surface area (Å²) in [6.45, 7) is 0. The predicted octanol–water partition coefficient (Wildman–Crippen LogP) is -0.339. The van der Waals surface area contributed by atoms with Crippen LogP contribution in [0.25, 0.3) is 10.9 Å². The Balaban J connectivity index is 1.57. The van der Waals surface area contributed by atoms with Crippen LogP contribution in [0.4, 0.5) is 0 Å². The minimum absolute atomic E-state index is 0.00349. The summed E-state index contributed by atoms with van der Waals surface area (Å²) in [4.78, 5) is 73.4. The van der Waals surface area contributed by atoms with Gasteiger partial charge in [-0.3, -0.25) is 19.2 Å². The van der Waals surface area contributed by atoms with Gasteiger partial charge in [0.05, 0.1) is 18.8 Å². The molecule has 4 rings (SSSR count). The number of rotatable bonds is 15. The Kier molecular flexibility index (Phi) is 10.4. The van der Waals surface area contributed by atoms with Crippen LogP contribution in [0.5, 0.6) is 0 Å². The number of benzene rings is 2. The number of primary amides is 1. The Morgan fingerprint density at radius 3 is 2.09 bits per heavy atom. The molecule has 2 aromatic heterocycles. The first-order chi connectivity index (χ1) is 21.1. The molecule has 0 radical (unpaired) electrons. The van der Waals surface area contributed by atoms with Gasteiger partial charge >= 0.3 is 5.97 Å². The van der Waals surface area contributed by atoms with Gasteiger partial charge in [0.25, 0.3) is 0 Å². The molecule has 0 fully saturated rings. The summed E-state index contributed by atoms with van der Waals surface area (Å²) in [6.07, 6.45) is 4.14. The molecular formula is C30H34N8O6. The lowest BCUT2D eigenvalue weighted by Gasteiger charge is -2.25. The summed E-state index contributed by atoms with van der Waals surface area (Å²) in [7, 11) is 0. The summed E-state index contributed by atoms with van der Waals surface area (Å²) < 4.78 is 0. The van der Waals surface area contributed by atoms with Gasteiger partial charge in [-0.25, -0.2) is 9.78 Å². The van der Waals surface area contributed by atoms with E-state index < -0.39 is 60.2 Å². The number of aromatic nitrogens is 3. The number of hydrogen-bond acceptors (Lipinski definition) is 7. The predicted molar refractivity (Wildman–Crippen MR) is 160 cm³/mol. The summed E-state index contributed by atoms with van der Waals surface area (Å²) in [6, 6.07) is 11.4. The number of hydrogen-bond donors (Lipinski definition) is 8. The van der Waals surface area contributed by atoms with Crippen molar-refractivity contribution in [2.75, 3.05) is 0 Å². The van der Waals surface area contributed by atoms with Crippen molar-refractivity contribution in [2.45, 2.75) is 49.9 Å². The van der Waals surface area contributed by atoms with E-state index in [1.54, 1.807) is 6.20 Å². The smallest absolute Gasteiger partial charge is 0.326 e. The summed E-state index contributed by atoms with van der Waals surface area (Å²) in [5, 5.41) is 18.0. The van der Waals surface area contributed by atoms with Crippen molar-refractivity contribution in [1.29, 1.82) is 0 Å². The molecule has 0 saturated carbocycles. The van der Waals surface area contributed by atoms with Crippen LogP contribution in [0.15, 0.2) is 73.3 Å². The number of nitrogens with two attached hydrogens (primary N) is 2. The van der Waals surface area contributed by atoms with Gasteiger partial charge in [-0.15, -0.1) is 0 Å². The van der Waals surface area contributed by atoms with E-state index in [4.69, 9.17) is 11.5 Å². The largest absolute Gasteiger partial charge is 0.480 e. The molecule has 4 aromatic rings. The van der Waals surface area contributed by atoms with Crippen LogP contribution in [-0.4, -0.2) is 73.8 Å². The van der Waals surface area contributed by atoms with E-state index in [-0.39, 0.29) is 19.3 Å². The number of nitrogens with one attached hydrogen (secondary N) is 5. The minimum atomic E-state index is -1.61. The monoisotopic (exact) mass is 602 g/mol. The molecule has 0 spiro atoms. The quantitative estimate of drug-likeness (QED) is 0.0893. The number of carboxylic acid groups (broad SMARTS) is 1. The Morgan fingerprint density at radius 2 is 1.43 bits per heavy atom. The third kappa shape index (κ3) is 8.51. The fourth-order valence-electron chi connectivity index (χ4n) is 4.74. The van der Waals surface area contributed by atoms with Crippen molar-refractivity contribution in [1.82, 2.24) is 30.9 Å². The third-order valence-corrected chi connectivity index (χ3v) is 7.00. The maximum atomic E-state index is 13.7. The second-order valence-electron chi connectivity index (χ2n) is 10.3. The average molecular weight is 603 g/mol. The van der Waals surface area contributed by atoms with Crippen LogP contribution < -0.4 is 27.4 Å². The lowest BCUT2D eigenvalue weighted by molar-refractivity contribution is -0.143. The topological polar surface area (TPSA) is 238 Å². The Hall–Kier alpha value is -5.50. The van der Waals surface area contributed by atoms with Crippen LogP contribution in [0, 0.1) is 0 Å². The first-order valence-corrected chi connectivity index (χ1v) is 13.8. The van der Waals surface area contributed by atoms with Crippen molar-refractivity contribution in [3.63, 3.8) is 0 Å². The Morgan fingerprint density at radius 1 is 0.795 bits per heavy atom. The molecule has 44 heavy (non-hydrogen) atoms. The normalized spacial score (nSPS) is 13.8. The van der Waals surface area contributed by atoms with Gasteiger partial charge in [0.2, 0.25) is 23.6 Å². The number of carbonyl (C=O) groups excluding carboxylic acids is 4. The molecule has 0 aliphatic rings. The molecule has 2 aromatic carbocycles. The Labute approximate surface area is 252 Å². The SMILES string of the molecule is NC(=O)CC(NC(=O)C(Cc1c[nH]c2ccccc12)NC(=O)C(Cc1cnc[nH]1)NC(=O)C(N)Cc1ccccc1)C(=O)O. The average Bonchev–Trinajstić information content (AvgIpc) is 3.66. The molecule has 0 aliphatic heterocycles. The Bertz CT molecular complexity index is 1600. The number of nitrogens with zero attached hydrogens (tertiary/aromatic N) is 1. The van der Waals surface area contributed by atoms with Gasteiger partial charge in [-0.05, 0) is 23.6 Å². The highest BCUT2D eigenvalue weighted by Crippen LogP contribution is 2.19. The van der Waals surface area contributed by atoms with E-state index in [1.165, 1.54) is 12.5 Å². The number of carbonyl (C=O) groups is 5. The highest BCUT2D eigenvalue weighted by atomic mass is 16.4. The van der Waals surface area contributed by atoms with Crippen molar-refractivity contribution >= 4 is 40.5 Å². The van der Waals surface area contributed by atoms with Gasteiger partial charge in [0.15, 0.2) is 0 Å². The van der Waals surface area contributed by atoms with E-state index in [2.05, 4.69) is 30.9 Å². The molecule has 0 saturated heterocycles. The van der Waals surface area contributed by atoms with Crippen LogP contribution in [0.3, 0.4) is 0 Å². The number of H-pyrrole nitrogens is 2. The zero-order valence-corrected chi connectivity index (χ0v) is 23.7. The molecule has 230 valence electrons. The maximum absolute atomic E-state index is 13.7. The number of aromatic amines is 2. The summed E-state index contributed by atoms with van der Waals surface area (Å²) in [5.41, 5.74) is 14.2. The molecular weight excluding hydrogens is 568 g/mol. The van der Waals surface area contributed by atoms with Gasteiger partial charge in [0, 0.05) is 41.8 Å². The van der Waals surface area contributed by atoms with E-state index in [0.717, 1.165) is 16.5 Å². The fraction of sp³-hybridized carbons (Fsp3) is 0.267. The number of para-hydroxylation sites is 1. The van der Waals surface area contributed by atoms with Gasteiger partial charge in [-0.1, -0.05) is 48.5 Å².